The van der Waals surface area contributed by atoms with E-state index in [4.69, 9.17) is 16.9 Å². The minimum Gasteiger partial charge on any atom is -0.394 e. The highest BCUT2D eigenvalue weighted by Gasteiger charge is 2.55. The first kappa shape index (κ1) is 17.1. The third kappa shape index (κ3) is 2.33. The van der Waals surface area contributed by atoms with Gasteiger partial charge in [0, 0.05) is 13.2 Å². The lowest BCUT2D eigenvalue weighted by Gasteiger charge is -2.26. The standard InChI is InChI=1S/C15H17N5O5/c1-3-15(24)10(22)8(5-21)25-14(15)20-4-7(13(23)17-2)9-11(16)18-6-19-12(9)20/h1,4,6,8,10,14,21-22,24H,5H2,2H3,(H,17,23)(H2,16,18,19). The van der Waals surface area contributed by atoms with Crippen LogP contribution in [0.15, 0.2) is 12.5 Å². The van der Waals surface area contributed by atoms with Crippen molar-refractivity contribution in [3.63, 3.8) is 0 Å². The molecule has 132 valence electrons. The summed E-state index contributed by atoms with van der Waals surface area (Å²) in [4.78, 5) is 20.1. The number of nitrogens with two attached hydrogens (primary N) is 1. The Bertz CT molecular complexity index is 875. The minimum atomic E-state index is -2.14. The molecule has 1 aliphatic rings. The molecular weight excluding hydrogens is 330 g/mol. The summed E-state index contributed by atoms with van der Waals surface area (Å²) < 4.78 is 6.83. The number of carbonyl (C=O) groups is 1. The third-order valence-corrected chi connectivity index (χ3v) is 4.26. The molecule has 1 aliphatic heterocycles. The van der Waals surface area contributed by atoms with Crippen molar-refractivity contribution < 1.29 is 24.9 Å². The Kier molecular flexibility index (Phi) is 4.09. The Morgan fingerprint density at radius 1 is 1.60 bits per heavy atom. The van der Waals surface area contributed by atoms with Crippen LogP contribution in [0.4, 0.5) is 5.82 Å². The maximum Gasteiger partial charge on any atom is 0.253 e. The van der Waals surface area contributed by atoms with Gasteiger partial charge in [-0.3, -0.25) is 4.79 Å². The molecule has 2 aromatic heterocycles. The van der Waals surface area contributed by atoms with Crippen LogP contribution in [0.3, 0.4) is 0 Å². The van der Waals surface area contributed by atoms with Gasteiger partial charge in [0.15, 0.2) is 11.8 Å². The van der Waals surface area contributed by atoms with Gasteiger partial charge in [-0.15, -0.1) is 6.42 Å². The number of anilines is 1. The van der Waals surface area contributed by atoms with E-state index in [1.807, 2.05) is 0 Å². The Balaban J connectivity index is 2.25. The molecule has 25 heavy (non-hydrogen) atoms. The van der Waals surface area contributed by atoms with E-state index >= 15 is 0 Å². The molecule has 10 nitrogen and oxygen atoms in total. The summed E-state index contributed by atoms with van der Waals surface area (Å²) in [7, 11) is 1.45. The fourth-order valence-electron chi connectivity index (χ4n) is 2.94. The van der Waals surface area contributed by atoms with E-state index in [1.165, 1.54) is 24.1 Å². The van der Waals surface area contributed by atoms with E-state index in [-0.39, 0.29) is 22.4 Å². The zero-order valence-electron chi connectivity index (χ0n) is 13.2. The first-order chi connectivity index (χ1) is 11.9. The highest BCUT2D eigenvalue weighted by atomic mass is 16.6. The number of nitrogens with one attached hydrogen (secondary N) is 1. The normalized spacial score (nSPS) is 28.8. The van der Waals surface area contributed by atoms with Gasteiger partial charge < -0.3 is 35.7 Å². The summed E-state index contributed by atoms with van der Waals surface area (Å²) in [5.74, 6) is 1.72. The smallest absolute Gasteiger partial charge is 0.253 e. The number of nitrogen functional groups attached to an aromatic ring is 1. The number of terminal acetylenes is 1. The summed E-state index contributed by atoms with van der Waals surface area (Å²) >= 11 is 0. The molecule has 3 rings (SSSR count). The predicted molar refractivity (Wildman–Crippen MR) is 86.1 cm³/mol. The molecule has 6 N–H and O–H groups in total. The number of hydrogen-bond acceptors (Lipinski definition) is 8. The molecule has 4 unspecified atom stereocenters. The molecular formula is C15H17N5O5. The van der Waals surface area contributed by atoms with Crippen molar-refractivity contribution in [2.75, 3.05) is 19.4 Å². The summed E-state index contributed by atoms with van der Waals surface area (Å²) in [6.07, 6.45) is 4.01. The lowest BCUT2D eigenvalue weighted by Crippen LogP contribution is -2.45. The number of aromatic nitrogens is 3. The molecule has 0 radical (unpaired) electrons. The molecule has 3 heterocycles. The maximum atomic E-state index is 12.2. The highest BCUT2D eigenvalue weighted by Crippen LogP contribution is 2.40. The van der Waals surface area contributed by atoms with Crippen LogP contribution in [-0.4, -0.2) is 67.2 Å². The highest BCUT2D eigenvalue weighted by molar-refractivity contribution is 6.09. The predicted octanol–water partition coefficient (Wildman–Crippen LogP) is -2.01. The first-order valence-electron chi connectivity index (χ1n) is 7.36. The van der Waals surface area contributed by atoms with E-state index < -0.39 is 36.6 Å². The van der Waals surface area contributed by atoms with Crippen molar-refractivity contribution in [3.05, 3.63) is 18.1 Å². The molecule has 0 saturated carbocycles. The Hall–Kier alpha value is -2.71. The van der Waals surface area contributed by atoms with Gasteiger partial charge >= 0.3 is 0 Å². The molecule has 10 heteroatoms. The molecule has 0 aromatic carbocycles. The van der Waals surface area contributed by atoms with Gasteiger partial charge in [0.1, 0.15) is 30.0 Å². The first-order valence-corrected chi connectivity index (χ1v) is 7.36. The topological polar surface area (TPSA) is 156 Å². The lowest BCUT2D eigenvalue weighted by molar-refractivity contribution is -0.0718. The van der Waals surface area contributed by atoms with Crippen LogP contribution in [0.25, 0.3) is 11.0 Å². The molecule has 4 atom stereocenters. The maximum absolute atomic E-state index is 12.2. The Morgan fingerprint density at radius 3 is 2.92 bits per heavy atom. The van der Waals surface area contributed by atoms with Crippen LogP contribution >= 0.6 is 0 Å². The zero-order valence-corrected chi connectivity index (χ0v) is 13.2. The van der Waals surface area contributed by atoms with E-state index in [0.29, 0.717) is 0 Å². The number of nitrogens with zero attached hydrogens (tertiary/aromatic N) is 3. The summed E-state index contributed by atoms with van der Waals surface area (Å²) in [6.45, 7) is -0.555. The molecule has 0 aliphatic carbocycles. The van der Waals surface area contributed by atoms with Gasteiger partial charge in [-0.25, -0.2) is 9.97 Å². The SMILES string of the molecule is C#CC1(O)C(O)C(CO)OC1n1cc(C(=O)NC)c2c(N)ncnc21. The number of aliphatic hydroxyl groups excluding tert-OH is 2. The summed E-state index contributed by atoms with van der Waals surface area (Å²) in [6, 6.07) is 0. The quantitative estimate of drug-likeness (QED) is 0.399. The van der Waals surface area contributed by atoms with Crippen molar-refractivity contribution in [1.82, 2.24) is 19.9 Å². The van der Waals surface area contributed by atoms with Gasteiger partial charge in [-0.2, -0.15) is 0 Å². The molecule has 0 spiro atoms. The van der Waals surface area contributed by atoms with Crippen LogP contribution < -0.4 is 11.1 Å². The van der Waals surface area contributed by atoms with Crippen molar-refractivity contribution in [3.8, 4) is 12.3 Å². The van der Waals surface area contributed by atoms with Gasteiger partial charge in [0.05, 0.1) is 17.6 Å². The summed E-state index contributed by atoms with van der Waals surface area (Å²) in [5.41, 5.74) is 4.07. The van der Waals surface area contributed by atoms with Crippen LogP contribution in [0.1, 0.15) is 16.6 Å². The fraction of sp³-hybridized carbons (Fsp3) is 0.400. The number of amides is 1. The van der Waals surface area contributed by atoms with Gasteiger partial charge in [-0.05, 0) is 0 Å². The number of carbonyl (C=O) groups excluding carboxylic acids is 1. The monoisotopic (exact) mass is 347 g/mol. The Morgan fingerprint density at radius 2 is 2.32 bits per heavy atom. The van der Waals surface area contributed by atoms with Crippen molar-refractivity contribution in [2.45, 2.75) is 24.0 Å². The number of hydrogen-bond donors (Lipinski definition) is 5. The second-order valence-electron chi connectivity index (χ2n) is 5.61. The van der Waals surface area contributed by atoms with Gasteiger partial charge in [0.25, 0.3) is 5.91 Å². The second-order valence-corrected chi connectivity index (χ2v) is 5.61. The third-order valence-electron chi connectivity index (χ3n) is 4.26. The van der Waals surface area contributed by atoms with Crippen molar-refractivity contribution in [1.29, 1.82) is 0 Å². The zero-order chi connectivity index (χ0) is 18.4. The minimum absolute atomic E-state index is 0.0591. The van der Waals surface area contributed by atoms with Gasteiger partial charge in [0.2, 0.25) is 0 Å². The fourth-order valence-corrected chi connectivity index (χ4v) is 2.94. The molecule has 2 aromatic rings. The number of ether oxygens (including phenoxy) is 1. The molecule has 1 fully saturated rings. The van der Waals surface area contributed by atoms with E-state index in [0.717, 1.165) is 0 Å². The second kappa shape index (κ2) is 5.98. The average Bonchev–Trinajstić information content (AvgIpc) is 3.12. The molecule has 0 bridgehead atoms. The molecule has 1 saturated heterocycles. The van der Waals surface area contributed by atoms with Crippen LogP contribution in [-0.2, 0) is 4.74 Å². The van der Waals surface area contributed by atoms with Crippen LogP contribution in [0.2, 0.25) is 0 Å². The van der Waals surface area contributed by atoms with Crippen LogP contribution in [0, 0.1) is 12.3 Å². The summed E-state index contributed by atoms with van der Waals surface area (Å²) in [5, 5.41) is 33.0. The number of aliphatic hydroxyl groups is 3. The lowest BCUT2D eigenvalue weighted by atomic mass is 9.95. The van der Waals surface area contributed by atoms with Crippen LogP contribution in [0.5, 0.6) is 0 Å². The average molecular weight is 347 g/mol. The largest absolute Gasteiger partial charge is 0.394 e. The van der Waals surface area contributed by atoms with E-state index in [2.05, 4.69) is 21.2 Å². The number of fused-ring (bicyclic) bond motifs is 1. The Labute approximate surface area is 142 Å². The number of rotatable bonds is 3. The van der Waals surface area contributed by atoms with E-state index in [1.54, 1.807) is 0 Å². The molecule has 1 amide bonds. The van der Waals surface area contributed by atoms with E-state index in [9.17, 15) is 20.1 Å². The van der Waals surface area contributed by atoms with Crippen molar-refractivity contribution >= 4 is 22.8 Å². The van der Waals surface area contributed by atoms with Gasteiger partial charge in [-0.1, -0.05) is 5.92 Å². The van der Waals surface area contributed by atoms with Crippen molar-refractivity contribution in [2.24, 2.45) is 0 Å².